The number of aryl methyl sites for hydroxylation is 1. The molecule has 0 spiro atoms. The zero-order valence-corrected chi connectivity index (χ0v) is 19.4. The van der Waals surface area contributed by atoms with E-state index < -0.39 is 11.1 Å². The minimum atomic E-state index is -0.577. The van der Waals surface area contributed by atoms with Crippen molar-refractivity contribution in [3.63, 3.8) is 0 Å². The van der Waals surface area contributed by atoms with Gasteiger partial charge >= 0.3 is 11.1 Å². The molecule has 0 aromatic carbocycles. The smallest absolute Gasteiger partial charge is 0.318 e. The van der Waals surface area contributed by atoms with Crippen LogP contribution in [0, 0.1) is 0 Å². The molecule has 5 rings (SSSR count). The van der Waals surface area contributed by atoms with Gasteiger partial charge in [0, 0.05) is 77.1 Å². The largest absolute Gasteiger partial charge is 0.379 e. The molecule has 10 nitrogen and oxygen atoms in total. The summed E-state index contributed by atoms with van der Waals surface area (Å²) < 4.78 is 8.16. The van der Waals surface area contributed by atoms with Gasteiger partial charge < -0.3 is 14.2 Å². The van der Waals surface area contributed by atoms with Gasteiger partial charge in [-0.05, 0) is 18.9 Å². The maximum absolute atomic E-state index is 12.8. The van der Waals surface area contributed by atoms with Gasteiger partial charge in [-0.3, -0.25) is 19.1 Å². The first-order valence-corrected chi connectivity index (χ1v) is 11.4. The Kier molecular flexibility index (Phi) is 5.90. The number of aromatic nitrogens is 5. The minimum absolute atomic E-state index is 0.127. The van der Waals surface area contributed by atoms with E-state index in [1.165, 1.54) is 15.3 Å². The van der Waals surface area contributed by atoms with Crippen LogP contribution in [0.15, 0.2) is 34.2 Å². The zero-order valence-electron chi connectivity index (χ0n) is 18.6. The van der Waals surface area contributed by atoms with Crippen molar-refractivity contribution in [2.24, 2.45) is 7.05 Å². The molecule has 2 aliphatic heterocycles. The van der Waals surface area contributed by atoms with E-state index in [2.05, 4.69) is 24.8 Å². The first-order valence-electron chi connectivity index (χ1n) is 11.0. The van der Waals surface area contributed by atoms with Crippen LogP contribution in [0.3, 0.4) is 0 Å². The summed E-state index contributed by atoms with van der Waals surface area (Å²) in [5.74, 6) is 0.682. The van der Waals surface area contributed by atoms with E-state index >= 15 is 0 Å². The SMILES string of the molecule is COC1CN(Cc2cnc(N3CCC(n4c(=O)c(=O)n(C)c5cc(Cl)cnc54)CC3)nc2)C1. The lowest BCUT2D eigenvalue weighted by atomic mass is 10.0. The van der Waals surface area contributed by atoms with Gasteiger partial charge in [0.2, 0.25) is 5.95 Å². The highest BCUT2D eigenvalue weighted by Gasteiger charge is 2.28. The van der Waals surface area contributed by atoms with Crippen molar-refractivity contribution in [2.75, 3.05) is 38.2 Å². The van der Waals surface area contributed by atoms with Crippen LogP contribution in [0.2, 0.25) is 5.02 Å². The van der Waals surface area contributed by atoms with Crippen LogP contribution in [-0.4, -0.2) is 68.4 Å². The zero-order chi connectivity index (χ0) is 23.1. The molecular weight excluding hydrogens is 446 g/mol. The summed E-state index contributed by atoms with van der Waals surface area (Å²) >= 11 is 6.08. The fraction of sp³-hybridized carbons (Fsp3) is 0.500. The van der Waals surface area contributed by atoms with Crippen LogP contribution >= 0.6 is 11.6 Å². The molecule has 0 atom stereocenters. The Balaban J connectivity index is 1.29. The quantitative estimate of drug-likeness (QED) is 0.512. The van der Waals surface area contributed by atoms with Crippen molar-refractivity contribution >= 4 is 28.7 Å². The molecule has 2 aliphatic rings. The van der Waals surface area contributed by atoms with E-state index in [1.54, 1.807) is 20.2 Å². The molecule has 0 bridgehead atoms. The molecule has 0 amide bonds. The second-order valence-corrected chi connectivity index (χ2v) is 9.13. The van der Waals surface area contributed by atoms with Crippen molar-refractivity contribution in [1.82, 2.24) is 29.0 Å². The first-order chi connectivity index (χ1) is 15.9. The number of anilines is 1. The van der Waals surface area contributed by atoms with Crippen LogP contribution < -0.4 is 16.0 Å². The molecule has 174 valence electrons. The summed E-state index contributed by atoms with van der Waals surface area (Å²) in [6.45, 7) is 4.05. The third kappa shape index (κ3) is 4.14. The molecule has 0 radical (unpaired) electrons. The Hall–Kier alpha value is -2.82. The Bertz CT molecular complexity index is 1280. The van der Waals surface area contributed by atoms with Crippen molar-refractivity contribution in [1.29, 1.82) is 0 Å². The predicted octanol–water partition coefficient (Wildman–Crippen LogP) is 1.21. The van der Waals surface area contributed by atoms with Gasteiger partial charge in [0.25, 0.3) is 0 Å². The number of rotatable bonds is 5. The molecule has 5 heterocycles. The molecule has 3 aromatic rings. The highest BCUT2D eigenvalue weighted by Crippen LogP contribution is 2.26. The van der Waals surface area contributed by atoms with Gasteiger partial charge in [-0.15, -0.1) is 0 Å². The average Bonchev–Trinajstić information content (AvgIpc) is 2.81. The summed E-state index contributed by atoms with van der Waals surface area (Å²) in [7, 11) is 3.31. The van der Waals surface area contributed by atoms with Crippen molar-refractivity contribution < 1.29 is 4.74 Å². The maximum atomic E-state index is 12.8. The molecule has 0 unspecified atom stereocenters. The Morgan fingerprint density at radius 3 is 2.42 bits per heavy atom. The van der Waals surface area contributed by atoms with Gasteiger partial charge in [-0.1, -0.05) is 11.6 Å². The van der Waals surface area contributed by atoms with Gasteiger partial charge in [-0.2, -0.15) is 0 Å². The van der Waals surface area contributed by atoms with Crippen molar-refractivity contribution in [3.05, 3.63) is 56.0 Å². The van der Waals surface area contributed by atoms with Gasteiger partial charge in [0.1, 0.15) is 0 Å². The third-order valence-corrected chi connectivity index (χ3v) is 6.78. The molecule has 2 saturated heterocycles. The van der Waals surface area contributed by atoms with Gasteiger partial charge in [-0.25, -0.2) is 15.0 Å². The number of likely N-dealkylation sites (tertiary alicyclic amines) is 1. The molecular formula is C22H26ClN7O3. The van der Waals surface area contributed by atoms with Crippen LogP contribution in [0.1, 0.15) is 24.4 Å². The van der Waals surface area contributed by atoms with Gasteiger partial charge in [0.05, 0.1) is 16.6 Å². The lowest BCUT2D eigenvalue weighted by Gasteiger charge is -2.38. The third-order valence-electron chi connectivity index (χ3n) is 6.58. The summed E-state index contributed by atoms with van der Waals surface area (Å²) in [6.07, 6.45) is 6.95. The lowest BCUT2D eigenvalue weighted by Crippen LogP contribution is -2.50. The normalized spacial score (nSPS) is 18.1. The van der Waals surface area contributed by atoms with Crippen LogP contribution in [-0.2, 0) is 18.3 Å². The lowest BCUT2D eigenvalue weighted by molar-refractivity contribution is -0.0334. The number of methoxy groups -OCH3 is 1. The summed E-state index contributed by atoms with van der Waals surface area (Å²) in [6, 6.07) is 1.54. The molecule has 0 aliphatic carbocycles. The van der Waals surface area contributed by atoms with E-state index in [4.69, 9.17) is 16.3 Å². The molecule has 11 heteroatoms. The number of hydrogen-bond donors (Lipinski definition) is 0. The molecule has 3 aromatic heterocycles. The summed E-state index contributed by atoms with van der Waals surface area (Å²) in [5.41, 5.74) is 0.971. The first kappa shape index (κ1) is 22.0. The highest BCUT2D eigenvalue weighted by molar-refractivity contribution is 6.31. The average molecular weight is 472 g/mol. The Morgan fingerprint density at radius 1 is 1.06 bits per heavy atom. The number of hydrogen-bond acceptors (Lipinski definition) is 8. The summed E-state index contributed by atoms with van der Waals surface area (Å²) in [5, 5.41) is 0.422. The minimum Gasteiger partial charge on any atom is -0.379 e. The fourth-order valence-electron chi connectivity index (χ4n) is 4.62. The van der Waals surface area contributed by atoms with Crippen LogP contribution in [0.25, 0.3) is 11.2 Å². The Morgan fingerprint density at radius 2 is 1.76 bits per heavy atom. The molecule has 0 saturated carbocycles. The topological polar surface area (TPSA) is 98.4 Å². The number of nitrogens with zero attached hydrogens (tertiary/aromatic N) is 7. The van der Waals surface area contributed by atoms with Crippen molar-refractivity contribution in [2.45, 2.75) is 31.5 Å². The second-order valence-electron chi connectivity index (χ2n) is 8.70. The van der Waals surface area contributed by atoms with E-state index in [0.29, 0.717) is 54.2 Å². The number of halogens is 1. The van der Waals surface area contributed by atoms with E-state index in [9.17, 15) is 9.59 Å². The van der Waals surface area contributed by atoms with E-state index in [-0.39, 0.29) is 6.04 Å². The van der Waals surface area contributed by atoms with Crippen molar-refractivity contribution in [3.8, 4) is 0 Å². The number of ether oxygens (including phenoxy) is 1. The standard InChI is InChI=1S/C22H26ClN7O3/c1-27-18-7-15(23)10-24-19(18)30(21(32)20(27)31)16-3-5-29(6-4-16)22-25-8-14(9-26-22)11-28-12-17(13-28)33-2/h7-10,16-17H,3-6,11-13H2,1-2H3. The van der Waals surface area contributed by atoms with E-state index in [1.807, 2.05) is 12.4 Å². The van der Waals surface area contributed by atoms with E-state index in [0.717, 1.165) is 25.2 Å². The molecule has 33 heavy (non-hydrogen) atoms. The Labute approximate surface area is 195 Å². The second kappa shape index (κ2) is 8.85. The van der Waals surface area contributed by atoms with Crippen LogP contribution in [0.5, 0.6) is 0 Å². The highest BCUT2D eigenvalue weighted by atomic mass is 35.5. The number of piperidine rings is 1. The van der Waals surface area contributed by atoms with Crippen LogP contribution in [0.4, 0.5) is 5.95 Å². The number of pyridine rings is 1. The summed E-state index contributed by atoms with van der Waals surface area (Å²) in [4.78, 5) is 43.3. The predicted molar refractivity (Wildman–Crippen MR) is 125 cm³/mol. The fourth-order valence-corrected chi connectivity index (χ4v) is 4.77. The molecule has 0 N–H and O–H groups in total. The monoisotopic (exact) mass is 471 g/mol. The maximum Gasteiger partial charge on any atom is 0.318 e. The number of fused-ring (bicyclic) bond motifs is 1. The van der Waals surface area contributed by atoms with Gasteiger partial charge in [0.15, 0.2) is 5.65 Å². The molecule has 2 fully saturated rings.